The van der Waals surface area contributed by atoms with E-state index in [9.17, 15) is 4.79 Å². The van der Waals surface area contributed by atoms with Gasteiger partial charge in [0, 0.05) is 21.6 Å². The van der Waals surface area contributed by atoms with Gasteiger partial charge in [-0.25, -0.2) is 4.79 Å². The zero-order valence-corrected chi connectivity index (χ0v) is 12.1. The largest absolute Gasteiger partial charge is 0.477 e. The van der Waals surface area contributed by atoms with Crippen molar-refractivity contribution in [1.82, 2.24) is 0 Å². The van der Waals surface area contributed by atoms with Gasteiger partial charge in [0.25, 0.3) is 0 Å². The third kappa shape index (κ3) is 3.11. The van der Waals surface area contributed by atoms with Crippen LogP contribution in [0.5, 0.6) is 0 Å². The normalized spacial score (nSPS) is 10.3. The number of thiophene rings is 1. The van der Waals surface area contributed by atoms with Crippen LogP contribution >= 0.6 is 27.3 Å². The van der Waals surface area contributed by atoms with Gasteiger partial charge in [-0.3, -0.25) is 0 Å². The molecule has 18 heavy (non-hydrogen) atoms. The summed E-state index contributed by atoms with van der Waals surface area (Å²) in [7, 11) is 0. The van der Waals surface area contributed by atoms with E-state index in [0.29, 0.717) is 11.4 Å². The van der Waals surface area contributed by atoms with Crippen LogP contribution in [0, 0.1) is 6.92 Å². The minimum absolute atomic E-state index is 0.372. The first kappa shape index (κ1) is 13.1. The van der Waals surface area contributed by atoms with Crippen molar-refractivity contribution in [2.45, 2.75) is 13.5 Å². The summed E-state index contributed by atoms with van der Waals surface area (Å²) in [6, 6.07) is 9.52. The number of nitrogens with one attached hydrogen (secondary N) is 1. The minimum atomic E-state index is -0.871. The molecule has 0 spiro atoms. The summed E-state index contributed by atoms with van der Waals surface area (Å²) in [5.41, 5.74) is 2.20. The topological polar surface area (TPSA) is 49.3 Å². The molecule has 3 nitrogen and oxygen atoms in total. The van der Waals surface area contributed by atoms with Crippen LogP contribution < -0.4 is 5.32 Å². The summed E-state index contributed by atoms with van der Waals surface area (Å²) in [5, 5.41) is 12.1. The standard InChI is InChI=1S/C13H12BrNO2S/c1-8-2-3-9(6-11(8)14)15-7-10-4-5-12(18-10)13(16)17/h2-6,15H,7H2,1H3,(H,16,17). The number of hydrogen-bond acceptors (Lipinski definition) is 3. The Labute approximate surface area is 118 Å². The number of rotatable bonds is 4. The maximum Gasteiger partial charge on any atom is 0.345 e. The summed E-state index contributed by atoms with van der Waals surface area (Å²) >= 11 is 4.77. The number of carboxylic acids is 1. The van der Waals surface area contributed by atoms with E-state index in [1.165, 1.54) is 16.9 Å². The van der Waals surface area contributed by atoms with Crippen molar-refractivity contribution in [1.29, 1.82) is 0 Å². The van der Waals surface area contributed by atoms with Crippen molar-refractivity contribution < 1.29 is 9.90 Å². The van der Waals surface area contributed by atoms with Gasteiger partial charge in [-0.2, -0.15) is 0 Å². The van der Waals surface area contributed by atoms with Gasteiger partial charge in [0.15, 0.2) is 0 Å². The lowest BCUT2D eigenvalue weighted by Gasteiger charge is -2.06. The Morgan fingerprint density at radius 2 is 2.17 bits per heavy atom. The molecular weight excluding hydrogens is 314 g/mol. The van der Waals surface area contributed by atoms with Crippen LogP contribution in [-0.2, 0) is 6.54 Å². The molecule has 0 aliphatic carbocycles. The molecule has 1 heterocycles. The highest BCUT2D eigenvalue weighted by Crippen LogP contribution is 2.22. The van der Waals surface area contributed by atoms with Gasteiger partial charge in [0.1, 0.15) is 4.88 Å². The second-order valence-corrected chi connectivity index (χ2v) is 5.91. The predicted molar refractivity (Wildman–Crippen MR) is 77.5 cm³/mol. The summed E-state index contributed by atoms with van der Waals surface area (Å²) in [6.07, 6.45) is 0. The number of carboxylic acid groups (broad SMARTS) is 1. The van der Waals surface area contributed by atoms with Crippen LogP contribution in [0.25, 0.3) is 0 Å². The molecule has 0 bridgehead atoms. The molecular formula is C13H12BrNO2S. The van der Waals surface area contributed by atoms with Crippen LogP contribution in [0.3, 0.4) is 0 Å². The zero-order valence-electron chi connectivity index (χ0n) is 9.74. The number of hydrogen-bond donors (Lipinski definition) is 2. The fourth-order valence-electron chi connectivity index (χ4n) is 1.48. The van der Waals surface area contributed by atoms with Crippen molar-refractivity contribution in [3.63, 3.8) is 0 Å². The molecule has 0 radical (unpaired) electrons. The fraction of sp³-hybridized carbons (Fsp3) is 0.154. The first-order valence-corrected chi connectivity index (χ1v) is 6.99. The molecule has 2 N–H and O–H groups in total. The Balaban J connectivity index is 2.02. The van der Waals surface area contributed by atoms with Gasteiger partial charge < -0.3 is 10.4 Å². The lowest BCUT2D eigenvalue weighted by Crippen LogP contribution is -1.97. The molecule has 0 saturated heterocycles. The first-order valence-electron chi connectivity index (χ1n) is 5.38. The van der Waals surface area contributed by atoms with E-state index in [0.717, 1.165) is 15.0 Å². The highest BCUT2D eigenvalue weighted by molar-refractivity contribution is 9.10. The molecule has 0 aliphatic rings. The van der Waals surface area contributed by atoms with Crippen LogP contribution in [0.1, 0.15) is 20.1 Å². The summed E-state index contributed by atoms with van der Waals surface area (Å²) in [6.45, 7) is 2.67. The number of benzene rings is 1. The van der Waals surface area contributed by atoms with E-state index in [-0.39, 0.29) is 0 Å². The lowest BCUT2D eigenvalue weighted by atomic mass is 10.2. The van der Waals surface area contributed by atoms with Crippen LogP contribution in [-0.4, -0.2) is 11.1 Å². The molecule has 1 aromatic carbocycles. The average Bonchev–Trinajstić information content (AvgIpc) is 2.79. The Kier molecular flexibility index (Phi) is 4.04. The van der Waals surface area contributed by atoms with Gasteiger partial charge in [-0.05, 0) is 36.8 Å². The van der Waals surface area contributed by atoms with Crippen LogP contribution in [0.2, 0.25) is 0 Å². The van der Waals surface area contributed by atoms with E-state index in [2.05, 4.69) is 21.2 Å². The van der Waals surface area contributed by atoms with Crippen molar-refractivity contribution in [2.24, 2.45) is 0 Å². The summed E-state index contributed by atoms with van der Waals surface area (Å²) in [4.78, 5) is 12.1. The molecule has 94 valence electrons. The third-order valence-electron chi connectivity index (χ3n) is 2.51. The Bertz CT molecular complexity index is 580. The molecule has 2 aromatic rings. The van der Waals surface area contributed by atoms with Gasteiger partial charge in [0.05, 0.1) is 0 Å². The first-order chi connectivity index (χ1) is 8.56. The molecule has 2 rings (SSSR count). The number of aromatic carboxylic acids is 1. The highest BCUT2D eigenvalue weighted by atomic mass is 79.9. The molecule has 0 amide bonds. The lowest BCUT2D eigenvalue weighted by molar-refractivity contribution is 0.0702. The molecule has 0 unspecified atom stereocenters. The second kappa shape index (κ2) is 5.54. The SMILES string of the molecule is Cc1ccc(NCc2ccc(C(=O)O)s2)cc1Br. The number of carbonyl (C=O) groups is 1. The Hall–Kier alpha value is -1.33. The summed E-state index contributed by atoms with van der Waals surface area (Å²) in [5.74, 6) is -0.871. The number of anilines is 1. The highest BCUT2D eigenvalue weighted by Gasteiger charge is 2.06. The van der Waals surface area contributed by atoms with Gasteiger partial charge in [-0.1, -0.05) is 22.0 Å². The number of halogens is 1. The fourth-order valence-corrected chi connectivity index (χ4v) is 2.64. The van der Waals surface area contributed by atoms with E-state index in [1.54, 1.807) is 6.07 Å². The summed E-state index contributed by atoms with van der Waals surface area (Å²) < 4.78 is 1.06. The Morgan fingerprint density at radius 1 is 1.39 bits per heavy atom. The van der Waals surface area contributed by atoms with Gasteiger partial charge in [-0.15, -0.1) is 11.3 Å². The van der Waals surface area contributed by atoms with Crippen molar-refractivity contribution >= 4 is 38.9 Å². The maximum atomic E-state index is 10.8. The van der Waals surface area contributed by atoms with E-state index in [4.69, 9.17) is 5.11 Å². The van der Waals surface area contributed by atoms with Crippen molar-refractivity contribution in [2.75, 3.05) is 5.32 Å². The minimum Gasteiger partial charge on any atom is -0.477 e. The molecule has 0 saturated carbocycles. The number of aryl methyl sites for hydroxylation is 1. The molecule has 5 heteroatoms. The van der Waals surface area contributed by atoms with Crippen LogP contribution in [0.15, 0.2) is 34.8 Å². The van der Waals surface area contributed by atoms with Crippen LogP contribution in [0.4, 0.5) is 5.69 Å². The van der Waals surface area contributed by atoms with E-state index >= 15 is 0 Å². The smallest absolute Gasteiger partial charge is 0.345 e. The van der Waals surface area contributed by atoms with E-state index < -0.39 is 5.97 Å². The third-order valence-corrected chi connectivity index (χ3v) is 4.44. The van der Waals surface area contributed by atoms with E-state index in [1.807, 2.05) is 31.2 Å². The molecule has 0 aliphatic heterocycles. The van der Waals surface area contributed by atoms with Gasteiger partial charge >= 0.3 is 5.97 Å². The maximum absolute atomic E-state index is 10.8. The Morgan fingerprint density at radius 3 is 2.78 bits per heavy atom. The second-order valence-electron chi connectivity index (χ2n) is 3.89. The predicted octanol–water partition coefficient (Wildman–Crippen LogP) is 4.13. The van der Waals surface area contributed by atoms with Crippen molar-refractivity contribution in [3.05, 3.63) is 50.1 Å². The zero-order chi connectivity index (χ0) is 13.1. The van der Waals surface area contributed by atoms with Gasteiger partial charge in [0.2, 0.25) is 0 Å². The average molecular weight is 326 g/mol. The quantitative estimate of drug-likeness (QED) is 0.888. The van der Waals surface area contributed by atoms with Crippen molar-refractivity contribution in [3.8, 4) is 0 Å². The monoisotopic (exact) mass is 325 g/mol. The molecule has 0 atom stereocenters. The molecule has 0 fully saturated rings. The molecule has 1 aromatic heterocycles.